The van der Waals surface area contributed by atoms with Gasteiger partial charge in [0.25, 0.3) is 0 Å². The zero-order valence-electron chi connectivity index (χ0n) is 10.3. The molecule has 1 atom stereocenters. The molecule has 0 aromatic heterocycles. The zero-order chi connectivity index (χ0) is 10.9. The topological polar surface area (TPSA) is 15.3 Å². The Hall–Kier alpha value is 0.270. The Labute approximate surface area is 99.2 Å². The van der Waals surface area contributed by atoms with Gasteiger partial charge in [0.05, 0.1) is 0 Å². The molecule has 0 saturated carbocycles. The molecule has 0 radical (unpaired) electrons. The lowest BCUT2D eigenvalue weighted by atomic mass is 10.0. The second-order valence-electron chi connectivity index (χ2n) is 4.38. The van der Waals surface area contributed by atoms with E-state index in [-0.39, 0.29) is 0 Å². The van der Waals surface area contributed by atoms with Crippen molar-refractivity contribution in [1.82, 2.24) is 10.2 Å². The third-order valence-electron chi connectivity index (χ3n) is 3.14. The maximum Gasteiger partial charge on any atom is 0.0220 e. The summed E-state index contributed by atoms with van der Waals surface area (Å²) in [5.41, 5.74) is 0. The van der Waals surface area contributed by atoms with E-state index >= 15 is 0 Å². The maximum absolute atomic E-state index is 3.56. The van der Waals surface area contributed by atoms with Crippen molar-refractivity contribution >= 4 is 11.8 Å². The molecule has 3 heteroatoms. The number of nitrogens with zero attached hydrogens (tertiary/aromatic N) is 1. The van der Waals surface area contributed by atoms with Gasteiger partial charge >= 0.3 is 0 Å². The first-order chi connectivity index (χ1) is 7.38. The quantitative estimate of drug-likeness (QED) is 0.675. The summed E-state index contributed by atoms with van der Waals surface area (Å²) in [5, 5.41) is 3.56. The van der Waals surface area contributed by atoms with Gasteiger partial charge in [0.2, 0.25) is 0 Å². The number of hydrogen-bond acceptors (Lipinski definition) is 3. The van der Waals surface area contributed by atoms with Crippen LogP contribution in [0.3, 0.4) is 0 Å². The molecule has 0 aliphatic carbocycles. The fraction of sp³-hybridized carbons (Fsp3) is 1.00. The molecule has 0 aromatic carbocycles. The van der Waals surface area contributed by atoms with Crippen molar-refractivity contribution in [2.45, 2.75) is 38.6 Å². The van der Waals surface area contributed by atoms with Crippen LogP contribution in [0.15, 0.2) is 0 Å². The van der Waals surface area contributed by atoms with Crippen molar-refractivity contribution in [3.05, 3.63) is 0 Å². The molecule has 0 spiro atoms. The highest BCUT2D eigenvalue weighted by Crippen LogP contribution is 2.16. The van der Waals surface area contributed by atoms with Gasteiger partial charge in [0.15, 0.2) is 0 Å². The molecular formula is C12H26N2S. The predicted molar refractivity (Wildman–Crippen MR) is 70.8 cm³/mol. The highest BCUT2D eigenvalue weighted by Gasteiger charge is 2.20. The number of hydrogen-bond donors (Lipinski definition) is 1. The molecule has 0 amide bonds. The minimum Gasteiger partial charge on any atom is -0.315 e. The summed E-state index contributed by atoms with van der Waals surface area (Å²) in [5.74, 6) is 1.28. The van der Waals surface area contributed by atoms with Crippen LogP contribution >= 0.6 is 11.8 Å². The van der Waals surface area contributed by atoms with E-state index in [1.807, 2.05) is 11.8 Å². The smallest absolute Gasteiger partial charge is 0.0220 e. The molecule has 1 aliphatic heterocycles. The highest BCUT2D eigenvalue weighted by atomic mass is 32.2. The molecule has 90 valence electrons. The lowest BCUT2D eigenvalue weighted by molar-refractivity contribution is 0.155. The fourth-order valence-corrected chi connectivity index (χ4v) is 2.66. The molecule has 1 N–H and O–H groups in total. The van der Waals surface area contributed by atoms with E-state index in [0.717, 1.165) is 6.04 Å². The van der Waals surface area contributed by atoms with Crippen LogP contribution in [0.5, 0.6) is 0 Å². The molecule has 1 fully saturated rings. The van der Waals surface area contributed by atoms with Crippen LogP contribution in [0.4, 0.5) is 0 Å². The number of rotatable bonds is 7. The second kappa shape index (κ2) is 8.43. The first kappa shape index (κ1) is 13.3. The number of likely N-dealkylation sites (tertiary alicyclic amines) is 1. The molecule has 2 nitrogen and oxygen atoms in total. The molecule has 1 saturated heterocycles. The van der Waals surface area contributed by atoms with Crippen molar-refractivity contribution in [2.24, 2.45) is 0 Å². The third-order valence-corrected chi connectivity index (χ3v) is 3.73. The zero-order valence-corrected chi connectivity index (χ0v) is 11.1. The number of nitrogens with one attached hydrogen (secondary N) is 1. The molecule has 1 unspecified atom stereocenters. The van der Waals surface area contributed by atoms with E-state index in [9.17, 15) is 0 Å². The van der Waals surface area contributed by atoms with Gasteiger partial charge in [0, 0.05) is 24.9 Å². The van der Waals surface area contributed by atoms with Gasteiger partial charge in [-0.25, -0.2) is 0 Å². The number of piperidine rings is 1. The average Bonchev–Trinajstić information content (AvgIpc) is 2.28. The van der Waals surface area contributed by atoms with Crippen LogP contribution in [-0.4, -0.2) is 49.1 Å². The van der Waals surface area contributed by atoms with Crippen LogP contribution in [-0.2, 0) is 0 Å². The first-order valence-corrected chi connectivity index (χ1v) is 7.71. The van der Waals surface area contributed by atoms with Crippen LogP contribution in [0.25, 0.3) is 0 Å². The van der Waals surface area contributed by atoms with Gasteiger partial charge in [-0.3, -0.25) is 4.90 Å². The Morgan fingerprint density at radius 1 is 1.40 bits per heavy atom. The molecule has 1 heterocycles. The lowest BCUT2D eigenvalue weighted by Crippen LogP contribution is -2.46. The van der Waals surface area contributed by atoms with Gasteiger partial charge < -0.3 is 5.32 Å². The summed E-state index contributed by atoms with van der Waals surface area (Å²) in [6, 6.07) is 0.803. The Bertz CT molecular complexity index is 153. The maximum atomic E-state index is 3.56. The van der Waals surface area contributed by atoms with Crippen molar-refractivity contribution in [2.75, 3.05) is 38.2 Å². The van der Waals surface area contributed by atoms with E-state index in [4.69, 9.17) is 0 Å². The number of thioether (sulfide) groups is 1. The molecule has 0 bridgehead atoms. The first-order valence-electron chi connectivity index (χ1n) is 6.32. The Kier molecular flexibility index (Phi) is 7.49. The van der Waals surface area contributed by atoms with Crippen LogP contribution in [0.1, 0.15) is 32.6 Å². The van der Waals surface area contributed by atoms with E-state index in [1.54, 1.807) is 0 Å². The average molecular weight is 230 g/mol. The van der Waals surface area contributed by atoms with E-state index in [0.29, 0.717) is 0 Å². The Morgan fingerprint density at radius 3 is 3.00 bits per heavy atom. The second-order valence-corrected chi connectivity index (χ2v) is 5.37. The van der Waals surface area contributed by atoms with Crippen molar-refractivity contribution in [1.29, 1.82) is 0 Å². The largest absolute Gasteiger partial charge is 0.315 e. The van der Waals surface area contributed by atoms with E-state index in [1.165, 1.54) is 57.6 Å². The Morgan fingerprint density at radius 2 is 2.27 bits per heavy atom. The fourth-order valence-electron chi connectivity index (χ4n) is 2.24. The summed E-state index contributed by atoms with van der Waals surface area (Å²) in [6.07, 6.45) is 7.67. The van der Waals surface area contributed by atoms with Crippen LogP contribution in [0, 0.1) is 0 Å². The molecule has 0 aromatic rings. The van der Waals surface area contributed by atoms with Gasteiger partial charge in [-0.1, -0.05) is 13.3 Å². The lowest BCUT2D eigenvalue weighted by Gasteiger charge is -2.35. The summed E-state index contributed by atoms with van der Waals surface area (Å²) < 4.78 is 0. The summed E-state index contributed by atoms with van der Waals surface area (Å²) >= 11 is 1.96. The van der Waals surface area contributed by atoms with Crippen LogP contribution < -0.4 is 5.32 Å². The molecular weight excluding hydrogens is 204 g/mol. The third kappa shape index (κ3) is 5.23. The van der Waals surface area contributed by atoms with Crippen molar-refractivity contribution in [3.63, 3.8) is 0 Å². The van der Waals surface area contributed by atoms with Crippen molar-refractivity contribution in [3.8, 4) is 0 Å². The van der Waals surface area contributed by atoms with Gasteiger partial charge in [-0.2, -0.15) is 11.8 Å². The molecule has 1 rings (SSSR count). The Balaban J connectivity index is 2.22. The summed E-state index contributed by atoms with van der Waals surface area (Å²) in [7, 11) is 0. The summed E-state index contributed by atoms with van der Waals surface area (Å²) in [4.78, 5) is 2.68. The molecule has 1 aliphatic rings. The minimum atomic E-state index is 0.803. The van der Waals surface area contributed by atoms with Crippen LogP contribution in [0.2, 0.25) is 0 Å². The SMILES string of the molecule is CCCNCC1CCCCN1CCSC. The van der Waals surface area contributed by atoms with Crippen molar-refractivity contribution < 1.29 is 0 Å². The van der Waals surface area contributed by atoms with Gasteiger partial charge in [-0.15, -0.1) is 0 Å². The van der Waals surface area contributed by atoms with E-state index in [2.05, 4.69) is 23.4 Å². The minimum absolute atomic E-state index is 0.803. The highest BCUT2D eigenvalue weighted by molar-refractivity contribution is 7.98. The standard InChI is InChI=1S/C12H26N2S/c1-3-7-13-11-12-6-4-5-8-14(12)9-10-15-2/h12-13H,3-11H2,1-2H3. The summed E-state index contributed by atoms with van der Waals surface area (Å²) in [6.45, 7) is 7.20. The molecule has 15 heavy (non-hydrogen) atoms. The normalized spacial score (nSPS) is 23.2. The monoisotopic (exact) mass is 230 g/mol. The van der Waals surface area contributed by atoms with E-state index < -0.39 is 0 Å². The predicted octanol–water partition coefficient (Wildman–Crippen LogP) is 2.20. The van der Waals surface area contributed by atoms with Gasteiger partial charge in [-0.05, 0) is 38.6 Å². The van der Waals surface area contributed by atoms with Gasteiger partial charge in [0.1, 0.15) is 0 Å².